The van der Waals surface area contributed by atoms with Crippen LogP contribution in [0.15, 0.2) is 12.1 Å². The summed E-state index contributed by atoms with van der Waals surface area (Å²) in [6, 6.07) is 3.09. The van der Waals surface area contributed by atoms with Crippen LogP contribution >= 0.6 is 0 Å². The summed E-state index contributed by atoms with van der Waals surface area (Å²) in [4.78, 5) is 2.19. The van der Waals surface area contributed by atoms with Crippen LogP contribution in [0.4, 0.5) is 15.8 Å². The molecule has 1 heterocycles. The highest BCUT2D eigenvalue weighted by Crippen LogP contribution is 2.33. The lowest BCUT2D eigenvalue weighted by Gasteiger charge is -2.21. The minimum atomic E-state index is -0.376. The molecule has 3 nitrogen and oxygen atoms in total. The monoisotopic (exact) mass is 238 g/mol. The maximum Gasteiger partial charge on any atom is 0.167 e. The maximum absolute atomic E-state index is 13.6. The number of anilines is 2. The highest BCUT2D eigenvalue weighted by atomic mass is 19.1. The number of nitrogens with zero attached hydrogens (tertiary/aromatic N) is 1. The number of rotatable bonds is 4. The Bertz CT molecular complexity index is 389. The van der Waals surface area contributed by atoms with E-state index in [1.54, 1.807) is 6.07 Å². The Morgan fingerprint density at radius 2 is 2.06 bits per heavy atom. The van der Waals surface area contributed by atoms with Crippen LogP contribution in [-0.4, -0.2) is 19.7 Å². The molecule has 1 aromatic carbocycles. The van der Waals surface area contributed by atoms with Crippen molar-refractivity contribution in [3.63, 3.8) is 0 Å². The van der Waals surface area contributed by atoms with Crippen LogP contribution in [0.1, 0.15) is 26.2 Å². The van der Waals surface area contributed by atoms with Crippen LogP contribution in [0, 0.1) is 5.82 Å². The molecule has 0 aliphatic carbocycles. The predicted molar refractivity (Wildman–Crippen MR) is 68.0 cm³/mol. The van der Waals surface area contributed by atoms with Crippen molar-refractivity contribution in [1.29, 1.82) is 0 Å². The molecule has 4 heteroatoms. The standard InChI is InChI=1S/C13H19FN2O/c1-2-7-17-13-9-12(11(15)8-10(13)14)16-5-3-4-6-16/h8-9H,2-7,15H2,1H3. The Kier molecular flexibility index (Phi) is 3.71. The highest BCUT2D eigenvalue weighted by Gasteiger charge is 2.17. The van der Waals surface area contributed by atoms with Crippen LogP contribution in [-0.2, 0) is 0 Å². The van der Waals surface area contributed by atoms with Gasteiger partial charge in [-0.3, -0.25) is 0 Å². The second kappa shape index (κ2) is 5.25. The first-order valence-electron chi connectivity index (χ1n) is 6.19. The van der Waals surface area contributed by atoms with Gasteiger partial charge in [0.2, 0.25) is 0 Å². The maximum atomic E-state index is 13.6. The molecule has 0 radical (unpaired) electrons. The molecule has 0 unspecified atom stereocenters. The van der Waals surface area contributed by atoms with Gasteiger partial charge in [0.15, 0.2) is 11.6 Å². The summed E-state index contributed by atoms with van der Waals surface area (Å²) in [5.74, 6) is -0.0677. The van der Waals surface area contributed by atoms with Gasteiger partial charge >= 0.3 is 0 Å². The number of hydrogen-bond acceptors (Lipinski definition) is 3. The zero-order valence-corrected chi connectivity index (χ0v) is 10.2. The first kappa shape index (κ1) is 12.0. The van der Waals surface area contributed by atoms with E-state index in [1.165, 1.54) is 18.9 Å². The predicted octanol–water partition coefficient (Wildman–Crippen LogP) is 2.80. The number of benzene rings is 1. The van der Waals surface area contributed by atoms with Crippen molar-refractivity contribution >= 4 is 11.4 Å². The van der Waals surface area contributed by atoms with Gasteiger partial charge in [-0.05, 0) is 19.3 Å². The van der Waals surface area contributed by atoms with E-state index in [0.717, 1.165) is 25.2 Å². The van der Waals surface area contributed by atoms with Crippen molar-refractivity contribution in [2.45, 2.75) is 26.2 Å². The van der Waals surface area contributed by atoms with Gasteiger partial charge in [0, 0.05) is 25.2 Å². The van der Waals surface area contributed by atoms with Crippen LogP contribution < -0.4 is 15.4 Å². The van der Waals surface area contributed by atoms with E-state index in [4.69, 9.17) is 10.5 Å². The smallest absolute Gasteiger partial charge is 0.167 e. The molecule has 0 spiro atoms. The van der Waals surface area contributed by atoms with Gasteiger partial charge in [-0.25, -0.2) is 4.39 Å². The fraction of sp³-hybridized carbons (Fsp3) is 0.538. The second-order valence-corrected chi connectivity index (χ2v) is 4.38. The summed E-state index contributed by atoms with van der Waals surface area (Å²) in [6.07, 6.45) is 3.20. The number of ether oxygens (including phenoxy) is 1. The Morgan fingerprint density at radius 3 is 2.71 bits per heavy atom. The molecule has 0 amide bonds. The molecule has 0 aromatic heterocycles. The topological polar surface area (TPSA) is 38.5 Å². The molecule has 2 rings (SSSR count). The van der Waals surface area contributed by atoms with Gasteiger partial charge in [0.1, 0.15) is 0 Å². The van der Waals surface area contributed by atoms with E-state index in [-0.39, 0.29) is 5.82 Å². The van der Waals surface area contributed by atoms with Gasteiger partial charge in [-0.2, -0.15) is 0 Å². The molecule has 0 saturated carbocycles. The van der Waals surface area contributed by atoms with E-state index in [0.29, 0.717) is 18.0 Å². The largest absolute Gasteiger partial charge is 0.490 e. The molecule has 1 aliphatic heterocycles. The van der Waals surface area contributed by atoms with Crippen molar-refractivity contribution in [3.8, 4) is 5.75 Å². The van der Waals surface area contributed by atoms with E-state index < -0.39 is 0 Å². The van der Waals surface area contributed by atoms with Crippen molar-refractivity contribution in [1.82, 2.24) is 0 Å². The fourth-order valence-electron chi connectivity index (χ4n) is 2.11. The minimum Gasteiger partial charge on any atom is -0.490 e. The highest BCUT2D eigenvalue weighted by molar-refractivity contribution is 5.70. The van der Waals surface area contributed by atoms with Gasteiger partial charge < -0.3 is 15.4 Å². The summed E-state index contributed by atoms with van der Waals surface area (Å²) in [6.45, 7) is 4.50. The first-order valence-corrected chi connectivity index (χ1v) is 6.19. The van der Waals surface area contributed by atoms with Gasteiger partial charge in [0.05, 0.1) is 18.0 Å². The number of nitrogen functional groups attached to an aromatic ring is 1. The lowest BCUT2D eigenvalue weighted by atomic mass is 10.2. The summed E-state index contributed by atoms with van der Waals surface area (Å²) < 4.78 is 19.0. The molecule has 1 aromatic rings. The summed E-state index contributed by atoms with van der Waals surface area (Å²) in [5, 5.41) is 0. The Balaban J connectivity index is 2.24. The molecule has 17 heavy (non-hydrogen) atoms. The third-order valence-corrected chi connectivity index (χ3v) is 2.99. The van der Waals surface area contributed by atoms with Crippen LogP contribution in [0.2, 0.25) is 0 Å². The third kappa shape index (κ3) is 2.62. The summed E-state index contributed by atoms with van der Waals surface area (Å²) >= 11 is 0. The molecule has 94 valence electrons. The average Bonchev–Trinajstić information content (AvgIpc) is 2.81. The van der Waals surface area contributed by atoms with Crippen LogP contribution in [0.3, 0.4) is 0 Å². The molecule has 1 aliphatic rings. The van der Waals surface area contributed by atoms with Crippen molar-refractivity contribution in [3.05, 3.63) is 17.9 Å². The average molecular weight is 238 g/mol. The fourth-order valence-corrected chi connectivity index (χ4v) is 2.11. The van der Waals surface area contributed by atoms with E-state index >= 15 is 0 Å². The van der Waals surface area contributed by atoms with E-state index in [2.05, 4.69) is 4.90 Å². The summed E-state index contributed by atoms with van der Waals surface area (Å²) in [7, 11) is 0. The molecule has 0 atom stereocenters. The SMILES string of the molecule is CCCOc1cc(N2CCCC2)c(N)cc1F. The van der Waals surface area contributed by atoms with Crippen LogP contribution in [0.25, 0.3) is 0 Å². The Morgan fingerprint density at radius 1 is 1.35 bits per heavy atom. The van der Waals surface area contributed by atoms with Gasteiger partial charge in [-0.1, -0.05) is 6.92 Å². The number of nitrogens with two attached hydrogens (primary N) is 1. The quantitative estimate of drug-likeness (QED) is 0.820. The van der Waals surface area contributed by atoms with Gasteiger partial charge in [0.25, 0.3) is 0 Å². The minimum absolute atomic E-state index is 0.308. The second-order valence-electron chi connectivity index (χ2n) is 4.38. The van der Waals surface area contributed by atoms with Crippen LogP contribution in [0.5, 0.6) is 5.75 Å². The summed E-state index contributed by atoms with van der Waals surface area (Å²) in [5.41, 5.74) is 7.25. The first-order chi connectivity index (χ1) is 8.22. The normalized spacial score (nSPS) is 15.3. The van der Waals surface area contributed by atoms with E-state index in [9.17, 15) is 4.39 Å². The number of hydrogen-bond donors (Lipinski definition) is 1. The van der Waals surface area contributed by atoms with Gasteiger partial charge in [-0.15, -0.1) is 0 Å². The Hall–Kier alpha value is -1.45. The molecule has 2 N–H and O–H groups in total. The zero-order valence-electron chi connectivity index (χ0n) is 10.2. The number of halogens is 1. The van der Waals surface area contributed by atoms with E-state index in [1.807, 2.05) is 6.92 Å². The molecular weight excluding hydrogens is 219 g/mol. The third-order valence-electron chi connectivity index (χ3n) is 2.99. The molecule has 0 bridgehead atoms. The zero-order chi connectivity index (χ0) is 12.3. The van der Waals surface area contributed by atoms with Crippen molar-refractivity contribution in [2.24, 2.45) is 0 Å². The Labute approximate surface area is 101 Å². The van der Waals surface area contributed by atoms with Crippen molar-refractivity contribution in [2.75, 3.05) is 30.3 Å². The molecule has 1 fully saturated rings. The molecular formula is C13H19FN2O. The van der Waals surface area contributed by atoms with Crippen molar-refractivity contribution < 1.29 is 9.13 Å². The lowest BCUT2D eigenvalue weighted by molar-refractivity contribution is 0.301. The molecule has 1 saturated heterocycles. The lowest BCUT2D eigenvalue weighted by Crippen LogP contribution is -2.19.